The number of para-hydroxylation sites is 1. The van der Waals surface area contributed by atoms with Gasteiger partial charge in [0.25, 0.3) is 11.8 Å². The van der Waals surface area contributed by atoms with Crippen LogP contribution in [0.2, 0.25) is 0 Å². The molecule has 0 unspecified atom stereocenters. The van der Waals surface area contributed by atoms with Gasteiger partial charge in [0.05, 0.1) is 23.9 Å². The zero-order valence-electron chi connectivity index (χ0n) is 17.2. The van der Waals surface area contributed by atoms with E-state index in [-0.39, 0.29) is 23.7 Å². The zero-order chi connectivity index (χ0) is 20.9. The summed E-state index contributed by atoms with van der Waals surface area (Å²) in [6, 6.07) is 11.1. The van der Waals surface area contributed by atoms with Crippen molar-refractivity contribution in [1.82, 2.24) is 20.2 Å². The van der Waals surface area contributed by atoms with Crippen LogP contribution < -0.4 is 4.90 Å². The molecule has 0 spiro atoms. The van der Waals surface area contributed by atoms with E-state index in [1.54, 1.807) is 25.2 Å². The molecule has 29 heavy (non-hydrogen) atoms. The van der Waals surface area contributed by atoms with E-state index in [9.17, 15) is 9.59 Å². The molecule has 2 aromatic carbocycles. The number of carbonyl (C=O) groups is 2. The molecule has 7 nitrogen and oxygen atoms in total. The van der Waals surface area contributed by atoms with Gasteiger partial charge in [-0.3, -0.25) is 9.59 Å². The first-order chi connectivity index (χ1) is 13.8. The van der Waals surface area contributed by atoms with Crippen LogP contribution in [0.1, 0.15) is 71.4 Å². The maximum atomic E-state index is 13.6. The van der Waals surface area contributed by atoms with Gasteiger partial charge in [-0.15, -0.1) is 10.2 Å². The van der Waals surface area contributed by atoms with Gasteiger partial charge in [0.1, 0.15) is 0 Å². The highest BCUT2D eigenvalue weighted by Gasteiger charge is 2.41. The van der Waals surface area contributed by atoms with Gasteiger partial charge in [0.15, 0.2) is 0 Å². The Morgan fingerprint density at radius 2 is 1.41 bits per heavy atom. The lowest BCUT2D eigenvalue weighted by atomic mass is 9.92. The van der Waals surface area contributed by atoms with E-state index < -0.39 is 0 Å². The molecule has 0 fully saturated rings. The van der Waals surface area contributed by atoms with Crippen LogP contribution in [-0.4, -0.2) is 32.0 Å². The van der Waals surface area contributed by atoms with E-state index in [1.165, 1.54) is 9.70 Å². The number of tetrazole rings is 1. The molecular weight excluding hydrogens is 366 g/mol. The highest BCUT2D eigenvalue weighted by molar-refractivity contribution is 6.36. The standard InChI is InChI=1S/C22H23N5O2/c1-12(2)14-8-6-9-15(13(3)4)19(14)27-21(28)17-11-7-10-16(18(17)22(27)29)20-23-25-26(5)24-20/h6-13H,1-5H3. The number of carbonyl (C=O) groups excluding carboxylic acids is 2. The number of hydrogen-bond acceptors (Lipinski definition) is 5. The number of imide groups is 1. The maximum Gasteiger partial charge on any atom is 0.266 e. The smallest absolute Gasteiger partial charge is 0.266 e. The third-order valence-corrected chi connectivity index (χ3v) is 5.23. The quantitative estimate of drug-likeness (QED) is 0.632. The molecule has 0 N–H and O–H groups in total. The molecule has 2 heterocycles. The van der Waals surface area contributed by atoms with Crippen LogP contribution >= 0.6 is 0 Å². The largest absolute Gasteiger partial charge is 0.268 e. The summed E-state index contributed by atoms with van der Waals surface area (Å²) in [6.45, 7) is 8.26. The predicted molar refractivity (Wildman–Crippen MR) is 110 cm³/mol. The van der Waals surface area contributed by atoms with Gasteiger partial charge in [-0.05, 0) is 34.2 Å². The molecule has 4 rings (SSSR count). The third-order valence-electron chi connectivity index (χ3n) is 5.23. The number of benzene rings is 2. The SMILES string of the molecule is CC(C)c1cccc(C(C)C)c1N1C(=O)c2cccc(-c3nnn(C)n3)c2C1=O. The monoisotopic (exact) mass is 389 g/mol. The first kappa shape index (κ1) is 19.0. The van der Waals surface area contributed by atoms with E-state index in [2.05, 4.69) is 43.1 Å². The van der Waals surface area contributed by atoms with E-state index in [0.29, 0.717) is 28.2 Å². The molecule has 0 radical (unpaired) electrons. The molecule has 2 amide bonds. The Morgan fingerprint density at radius 1 is 0.828 bits per heavy atom. The van der Waals surface area contributed by atoms with Crippen LogP contribution in [0, 0.1) is 0 Å². The fraction of sp³-hybridized carbons (Fsp3) is 0.318. The summed E-state index contributed by atoms with van der Waals surface area (Å²) < 4.78 is 0. The molecule has 0 atom stereocenters. The van der Waals surface area contributed by atoms with Crippen LogP contribution in [-0.2, 0) is 7.05 Å². The van der Waals surface area contributed by atoms with Crippen molar-refractivity contribution in [1.29, 1.82) is 0 Å². The second kappa shape index (κ2) is 6.92. The second-order valence-electron chi connectivity index (χ2n) is 7.87. The average Bonchev–Trinajstić information content (AvgIpc) is 3.23. The molecular formula is C22H23N5O2. The lowest BCUT2D eigenvalue weighted by Gasteiger charge is -2.25. The number of amides is 2. The minimum atomic E-state index is -0.344. The van der Waals surface area contributed by atoms with Crippen molar-refractivity contribution in [3.63, 3.8) is 0 Å². The van der Waals surface area contributed by atoms with Gasteiger partial charge >= 0.3 is 0 Å². The van der Waals surface area contributed by atoms with Gasteiger partial charge in [-0.1, -0.05) is 58.0 Å². The van der Waals surface area contributed by atoms with Crippen LogP contribution in [0.5, 0.6) is 0 Å². The third kappa shape index (κ3) is 2.93. The van der Waals surface area contributed by atoms with Gasteiger partial charge in [-0.25, -0.2) is 4.90 Å². The predicted octanol–water partition coefficient (Wildman–Crippen LogP) is 3.92. The minimum absolute atomic E-state index is 0.161. The molecule has 7 heteroatoms. The summed E-state index contributed by atoms with van der Waals surface area (Å²) in [7, 11) is 1.66. The van der Waals surface area contributed by atoms with Crippen LogP contribution in [0.15, 0.2) is 36.4 Å². The molecule has 0 saturated heterocycles. The van der Waals surface area contributed by atoms with Crippen molar-refractivity contribution in [3.05, 3.63) is 58.7 Å². The maximum absolute atomic E-state index is 13.6. The summed E-state index contributed by atoms with van der Waals surface area (Å²) in [5.41, 5.74) is 3.87. The Hall–Kier alpha value is -3.35. The summed E-state index contributed by atoms with van der Waals surface area (Å²) in [4.78, 5) is 29.6. The molecule has 1 aromatic heterocycles. The van der Waals surface area contributed by atoms with Crippen LogP contribution in [0.4, 0.5) is 5.69 Å². The van der Waals surface area contributed by atoms with E-state index >= 15 is 0 Å². The first-order valence-electron chi connectivity index (χ1n) is 9.70. The number of hydrogen-bond donors (Lipinski definition) is 0. The Morgan fingerprint density at radius 3 is 1.97 bits per heavy atom. The average molecular weight is 389 g/mol. The van der Waals surface area contributed by atoms with Crippen molar-refractivity contribution in [3.8, 4) is 11.4 Å². The number of nitrogens with zero attached hydrogens (tertiary/aromatic N) is 5. The van der Waals surface area contributed by atoms with Crippen molar-refractivity contribution in [2.45, 2.75) is 39.5 Å². The van der Waals surface area contributed by atoms with Gasteiger partial charge in [0.2, 0.25) is 5.82 Å². The molecule has 0 bridgehead atoms. The van der Waals surface area contributed by atoms with E-state index in [4.69, 9.17) is 0 Å². The van der Waals surface area contributed by atoms with Crippen molar-refractivity contribution >= 4 is 17.5 Å². The van der Waals surface area contributed by atoms with E-state index in [0.717, 1.165) is 11.1 Å². The lowest BCUT2D eigenvalue weighted by Crippen LogP contribution is -2.32. The topological polar surface area (TPSA) is 81.0 Å². The van der Waals surface area contributed by atoms with Crippen molar-refractivity contribution in [2.24, 2.45) is 7.05 Å². The van der Waals surface area contributed by atoms with Crippen molar-refractivity contribution < 1.29 is 9.59 Å². The molecule has 0 saturated carbocycles. The lowest BCUT2D eigenvalue weighted by molar-refractivity contribution is 0.0925. The Bertz CT molecular complexity index is 1100. The van der Waals surface area contributed by atoms with Gasteiger partial charge in [-0.2, -0.15) is 4.80 Å². The van der Waals surface area contributed by atoms with Crippen molar-refractivity contribution in [2.75, 3.05) is 4.90 Å². The van der Waals surface area contributed by atoms with Gasteiger partial charge < -0.3 is 0 Å². The molecule has 1 aliphatic rings. The summed E-state index contributed by atoms with van der Waals surface area (Å²) in [5, 5.41) is 12.1. The Kier molecular flexibility index (Phi) is 4.53. The number of aromatic nitrogens is 4. The summed E-state index contributed by atoms with van der Waals surface area (Å²) in [6.07, 6.45) is 0. The Labute approximate surface area is 169 Å². The zero-order valence-corrected chi connectivity index (χ0v) is 17.2. The Balaban J connectivity index is 1.93. The van der Waals surface area contributed by atoms with Crippen LogP contribution in [0.3, 0.4) is 0 Å². The number of fused-ring (bicyclic) bond motifs is 1. The molecule has 0 aliphatic carbocycles. The second-order valence-corrected chi connectivity index (χ2v) is 7.87. The normalized spacial score (nSPS) is 13.7. The highest BCUT2D eigenvalue weighted by Crippen LogP contribution is 2.41. The highest BCUT2D eigenvalue weighted by atomic mass is 16.2. The molecule has 3 aromatic rings. The molecule has 1 aliphatic heterocycles. The number of aryl methyl sites for hydroxylation is 1. The van der Waals surface area contributed by atoms with E-state index in [1.807, 2.05) is 18.2 Å². The first-order valence-corrected chi connectivity index (χ1v) is 9.70. The summed E-state index contributed by atoms with van der Waals surface area (Å²) in [5.74, 6) is -0.00866. The van der Waals surface area contributed by atoms with Gasteiger partial charge in [0, 0.05) is 5.56 Å². The summed E-state index contributed by atoms with van der Waals surface area (Å²) >= 11 is 0. The number of anilines is 1. The minimum Gasteiger partial charge on any atom is -0.268 e. The van der Waals surface area contributed by atoms with Crippen LogP contribution in [0.25, 0.3) is 11.4 Å². The number of rotatable bonds is 4. The fourth-order valence-electron chi connectivity index (χ4n) is 3.84. The molecule has 148 valence electrons. The fourth-order valence-corrected chi connectivity index (χ4v) is 3.84.